The maximum absolute atomic E-state index is 12.0. The van der Waals surface area contributed by atoms with Gasteiger partial charge in [0.15, 0.2) is 0 Å². The van der Waals surface area contributed by atoms with Gasteiger partial charge in [-0.2, -0.15) is 0 Å². The van der Waals surface area contributed by atoms with E-state index in [1.165, 1.54) is 0 Å². The molecule has 2 aromatic carbocycles. The molecule has 24 heavy (non-hydrogen) atoms. The average molecular weight is 323 g/mol. The predicted octanol–water partition coefficient (Wildman–Crippen LogP) is 1.57. The van der Waals surface area contributed by atoms with Gasteiger partial charge in [0, 0.05) is 6.54 Å². The lowest BCUT2D eigenvalue weighted by Crippen LogP contribution is -2.57. The van der Waals surface area contributed by atoms with E-state index in [1.54, 1.807) is 0 Å². The van der Waals surface area contributed by atoms with Gasteiger partial charge in [0.1, 0.15) is 6.04 Å². The first kappa shape index (κ1) is 15.7. The highest BCUT2D eigenvalue weighted by atomic mass is 16.2. The number of benzene rings is 2. The van der Waals surface area contributed by atoms with Crippen LogP contribution in [0.5, 0.6) is 0 Å². The van der Waals surface area contributed by atoms with Gasteiger partial charge in [0.2, 0.25) is 11.8 Å². The summed E-state index contributed by atoms with van der Waals surface area (Å²) in [5.74, 6) is -0.823. The van der Waals surface area contributed by atoms with Crippen LogP contribution in [0.1, 0.15) is 12.0 Å². The molecule has 3 N–H and O–H groups in total. The Morgan fingerprint density at radius 2 is 1.67 bits per heavy atom. The Labute approximate surface area is 139 Å². The third kappa shape index (κ3) is 3.78. The van der Waals surface area contributed by atoms with Crippen molar-refractivity contribution in [1.82, 2.24) is 16.0 Å². The van der Waals surface area contributed by atoms with Crippen LogP contribution < -0.4 is 16.0 Å². The van der Waals surface area contributed by atoms with Crippen LogP contribution in [0.15, 0.2) is 54.6 Å². The van der Waals surface area contributed by atoms with Crippen LogP contribution in [-0.4, -0.2) is 23.9 Å². The highest BCUT2D eigenvalue weighted by Crippen LogP contribution is 2.19. The fourth-order valence-electron chi connectivity index (χ4n) is 2.52. The summed E-state index contributed by atoms with van der Waals surface area (Å²) in [5, 5.41) is 7.26. The predicted molar refractivity (Wildman–Crippen MR) is 88.8 cm³/mol. The molecule has 2 aromatic rings. The van der Waals surface area contributed by atoms with E-state index < -0.39 is 18.0 Å². The molecule has 3 rings (SSSR count). The zero-order valence-electron chi connectivity index (χ0n) is 12.9. The SMILES string of the molecule is O=C1C[C@@H](C(=O)NCc2ccc(-c3ccccc3)cc2)NC(=O)N1. The number of hydrogen-bond donors (Lipinski definition) is 3. The standard InChI is InChI=1S/C18H17N3O3/c22-16-10-15(20-18(24)21-16)17(23)19-11-12-6-8-14(9-7-12)13-4-2-1-3-5-13/h1-9,15H,10-11H2,(H,19,23)(H2,20,21,22,24)/t15-/m0/s1. The third-order valence-corrected chi connectivity index (χ3v) is 3.79. The second-order valence-corrected chi connectivity index (χ2v) is 5.56. The van der Waals surface area contributed by atoms with Gasteiger partial charge >= 0.3 is 6.03 Å². The molecule has 0 spiro atoms. The van der Waals surface area contributed by atoms with Crippen LogP contribution in [-0.2, 0) is 16.1 Å². The number of amides is 4. The van der Waals surface area contributed by atoms with Crippen LogP contribution in [0.4, 0.5) is 4.79 Å². The van der Waals surface area contributed by atoms with E-state index in [1.807, 2.05) is 54.6 Å². The Morgan fingerprint density at radius 3 is 2.33 bits per heavy atom. The summed E-state index contributed by atoms with van der Waals surface area (Å²) < 4.78 is 0. The summed E-state index contributed by atoms with van der Waals surface area (Å²) >= 11 is 0. The molecule has 6 nitrogen and oxygen atoms in total. The monoisotopic (exact) mass is 323 g/mol. The Balaban J connectivity index is 1.58. The second-order valence-electron chi connectivity index (χ2n) is 5.56. The molecule has 0 saturated carbocycles. The Hall–Kier alpha value is -3.15. The third-order valence-electron chi connectivity index (χ3n) is 3.79. The fraction of sp³-hybridized carbons (Fsp3) is 0.167. The fourth-order valence-corrected chi connectivity index (χ4v) is 2.52. The molecule has 1 aliphatic heterocycles. The van der Waals surface area contributed by atoms with Crippen LogP contribution in [0, 0.1) is 0 Å². The van der Waals surface area contributed by atoms with Gasteiger partial charge in [-0.15, -0.1) is 0 Å². The van der Waals surface area contributed by atoms with Crippen molar-refractivity contribution in [3.8, 4) is 11.1 Å². The maximum atomic E-state index is 12.0. The molecule has 0 aromatic heterocycles. The zero-order chi connectivity index (χ0) is 16.9. The average Bonchev–Trinajstić information content (AvgIpc) is 2.60. The molecule has 1 heterocycles. The van der Waals surface area contributed by atoms with Crippen molar-refractivity contribution in [3.63, 3.8) is 0 Å². The number of urea groups is 1. The van der Waals surface area contributed by atoms with Crippen LogP contribution in [0.3, 0.4) is 0 Å². The highest BCUT2D eigenvalue weighted by Gasteiger charge is 2.28. The molecule has 1 saturated heterocycles. The number of nitrogens with one attached hydrogen (secondary N) is 3. The van der Waals surface area contributed by atoms with Gasteiger partial charge in [-0.3, -0.25) is 14.9 Å². The Bertz CT molecular complexity index is 741. The van der Waals surface area contributed by atoms with Crippen molar-refractivity contribution in [3.05, 3.63) is 60.2 Å². The molecule has 4 amide bonds. The lowest BCUT2D eigenvalue weighted by molar-refractivity contribution is -0.128. The molecular formula is C18H17N3O3. The summed E-state index contributed by atoms with van der Waals surface area (Å²) in [6.07, 6.45) is -0.0511. The number of hydrogen-bond acceptors (Lipinski definition) is 3. The minimum atomic E-state index is -0.824. The number of carbonyl (C=O) groups excluding carboxylic acids is 3. The molecule has 0 radical (unpaired) electrons. The summed E-state index contributed by atoms with van der Waals surface area (Å²) in [6, 6.07) is 16.4. The minimum Gasteiger partial charge on any atom is -0.350 e. The smallest absolute Gasteiger partial charge is 0.322 e. The molecule has 0 bridgehead atoms. The van der Waals surface area contributed by atoms with E-state index in [0.29, 0.717) is 6.54 Å². The molecule has 0 aliphatic carbocycles. The van der Waals surface area contributed by atoms with Crippen LogP contribution >= 0.6 is 0 Å². The normalized spacial score (nSPS) is 16.9. The van der Waals surface area contributed by atoms with Crippen LogP contribution in [0.25, 0.3) is 11.1 Å². The number of carbonyl (C=O) groups is 3. The van der Waals surface area contributed by atoms with E-state index in [-0.39, 0.29) is 12.3 Å². The van der Waals surface area contributed by atoms with E-state index in [9.17, 15) is 14.4 Å². The highest BCUT2D eigenvalue weighted by molar-refractivity contribution is 6.02. The molecule has 1 atom stereocenters. The quantitative estimate of drug-likeness (QED) is 0.798. The first-order valence-corrected chi connectivity index (χ1v) is 7.64. The Morgan fingerprint density at radius 1 is 1.00 bits per heavy atom. The molecule has 6 heteroatoms. The van der Waals surface area contributed by atoms with Crippen molar-refractivity contribution in [1.29, 1.82) is 0 Å². The Kier molecular flexibility index (Phi) is 4.56. The van der Waals surface area contributed by atoms with Crippen molar-refractivity contribution in [2.24, 2.45) is 0 Å². The molecular weight excluding hydrogens is 306 g/mol. The van der Waals surface area contributed by atoms with Gasteiger partial charge in [0.25, 0.3) is 0 Å². The van der Waals surface area contributed by atoms with E-state index in [0.717, 1.165) is 16.7 Å². The largest absolute Gasteiger partial charge is 0.350 e. The summed E-state index contributed by atoms with van der Waals surface area (Å²) in [5.41, 5.74) is 3.17. The summed E-state index contributed by atoms with van der Waals surface area (Å²) in [7, 11) is 0. The minimum absolute atomic E-state index is 0.0511. The van der Waals surface area contributed by atoms with E-state index >= 15 is 0 Å². The van der Waals surface area contributed by atoms with Crippen molar-refractivity contribution in [2.45, 2.75) is 19.0 Å². The van der Waals surface area contributed by atoms with Gasteiger partial charge in [-0.05, 0) is 16.7 Å². The van der Waals surface area contributed by atoms with Gasteiger partial charge in [0.05, 0.1) is 6.42 Å². The summed E-state index contributed by atoms with van der Waals surface area (Å²) in [6.45, 7) is 0.335. The first-order valence-electron chi connectivity index (χ1n) is 7.64. The molecule has 1 aliphatic rings. The second kappa shape index (κ2) is 6.95. The van der Waals surface area contributed by atoms with Crippen molar-refractivity contribution in [2.75, 3.05) is 0 Å². The lowest BCUT2D eigenvalue weighted by atomic mass is 10.0. The van der Waals surface area contributed by atoms with Gasteiger partial charge in [-0.1, -0.05) is 54.6 Å². The lowest BCUT2D eigenvalue weighted by Gasteiger charge is -2.22. The van der Waals surface area contributed by atoms with Crippen molar-refractivity contribution >= 4 is 17.8 Å². The van der Waals surface area contributed by atoms with E-state index in [2.05, 4.69) is 16.0 Å². The van der Waals surface area contributed by atoms with Gasteiger partial charge in [-0.25, -0.2) is 4.79 Å². The zero-order valence-corrected chi connectivity index (χ0v) is 12.9. The topological polar surface area (TPSA) is 87.3 Å². The number of rotatable bonds is 4. The maximum Gasteiger partial charge on any atom is 0.322 e. The molecule has 0 unspecified atom stereocenters. The van der Waals surface area contributed by atoms with E-state index in [4.69, 9.17) is 0 Å². The first-order chi connectivity index (χ1) is 11.6. The summed E-state index contributed by atoms with van der Waals surface area (Å²) in [4.78, 5) is 34.5. The van der Waals surface area contributed by atoms with Gasteiger partial charge < -0.3 is 10.6 Å². The van der Waals surface area contributed by atoms with Crippen molar-refractivity contribution < 1.29 is 14.4 Å². The number of imide groups is 1. The molecule has 1 fully saturated rings. The molecule has 122 valence electrons. The van der Waals surface area contributed by atoms with Crippen LogP contribution in [0.2, 0.25) is 0 Å².